The molecule has 118 valence electrons. The molecule has 0 saturated heterocycles. The molecule has 0 aromatic carbocycles. The maximum Gasteiger partial charge on any atom is 0.234 e. The number of rotatable bonds is 8. The summed E-state index contributed by atoms with van der Waals surface area (Å²) in [5.74, 6) is 1.38. The van der Waals surface area contributed by atoms with E-state index >= 15 is 0 Å². The van der Waals surface area contributed by atoms with Gasteiger partial charge in [0.15, 0.2) is 0 Å². The molecule has 1 aromatic rings. The van der Waals surface area contributed by atoms with Gasteiger partial charge in [-0.05, 0) is 19.3 Å². The van der Waals surface area contributed by atoms with E-state index in [1.165, 1.54) is 38.5 Å². The summed E-state index contributed by atoms with van der Waals surface area (Å²) >= 11 is 0. The zero-order valence-electron chi connectivity index (χ0n) is 13.1. The number of anilines is 1. The SMILES string of the molecule is CCCOc1cncc(NCCNC2CCCCCC2)n1. The smallest absolute Gasteiger partial charge is 0.234 e. The zero-order chi connectivity index (χ0) is 14.8. The minimum absolute atomic E-state index is 0.596. The Balaban J connectivity index is 1.65. The van der Waals surface area contributed by atoms with E-state index in [1.54, 1.807) is 12.4 Å². The molecule has 0 unspecified atom stereocenters. The Hall–Kier alpha value is -1.36. The molecule has 2 N–H and O–H groups in total. The molecule has 5 nitrogen and oxygen atoms in total. The molecule has 0 spiro atoms. The lowest BCUT2D eigenvalue weighted by Crippen LogP contribution is -2.32. The van der Waals surface area contributed by atoms with E-state index in [1.807, 2.05) is 0 Å². The standard InChI is InChI=1S/C16H28N4O/c1-2-11-21-16-13-17-12-15(20-16)19-10-9-18-14-7-5-3-4-6-8-14/h12-14,18H,2-11H2,1H3,(H,19,20). The molecule has 1 heterocycles. The predicted molar refractivity (Wildman–Crippen MR) is 85.8 cm³/mol. The van der Waals surface area contributed by atoms with E-state index in [4.69, 9.17) is 4.74 Å². The van der Waals surface area contributed by atoms with E-state index in [0.29, 0.717) is 18.5 Å². The third-order valence-corrected chi connectivity index (χ3v) is 3.79. The summed E-state index contributed by atoms with van der Waals surface area (Å²) < 4.78 is 5.48. The maximum absolute atomic E-state index is 5.48. The Kier molecular flexibility index (Phi) is 7.29. The zero-order valence-corrected chi connectivity index (χ0v) is 13.1. The topological polar surface area (TPSA) is 59.1 Å². The van der Waals surface area contributed by atoms with Crippen LogP contribution in [0.3, 0.4) is 0 Å². The summed E-state index contributed by atoms with van der Waals surface area (Å²) in [5.41, 5.74) is 0. The first-order valence-corrected chi connectivity index (χ1v) is 8.30. The molecule has 1 aliphatic rings. The van der Waals surface area contributed by atoms with Gasteiger partial charge in [-0.1, -0.05) is 32.6 Å². The highest BCUT2D eigenvalue weighted by Crippen LogP contribution is 2.16. The van der Waals surface area contributed by atoms with E-state index in [-0.39, 0.29) is 0 Å². The summed E-state index contributed by atoms with van der Waals surface area (Å²) in [4.78, 5) is 8.53. The van der Waals surface area contributed by atoms with Crippen LogP contribution in [0.1, 0.15) is 51.9 Å². The molecule has 1 aromatic heterocycles. The van der Waals surface area contributed by atoms with Crippen LogP contribution < -0.4 is 15.4 Å². The summed E-state index contributed by atoms with van der Waals surface area (Å²) in [6.07, 6.45) is 12.5. The van der Waals surface area contributed by atoms with E-state index < -0.39 is 0 Å². The summed E-state index contributed by atoms with van der Waals surface area (Å²) in [6, 6.07) is 0.694. The lowest BCUT2D eigenvalue weighted by atomic mass is 10.1. The predicted octanol–water partition coefficient (Wildman–Crippen LogP) is 2.99. The van der Waals surface area contributed by atoms with Crippen LogP contribution in [0.25, 0.3) is 0 Å². The Morgan fingerprint density at radius 1 is 1.14 bits per heavy atom. The Morgan fingerprint density at radius 2 is 1.95 bits per heavy atom. The summed E-state index contributed by atoms with van der Waals surface area (Å²) in [7, 11) is 0. The number of nitrogens with zero attached hydrogens (tertiary/aromatic N) is 2. The first kappa shape index (κ1) is 16.0. The van der Waals surface area contributed by atoms with Crippen molar-refractivity contribution in [1.82, 2.24) is 15.3 Å². The van der Waals surface area contributed by atoms with E-state index in [9.17, 15) is 0 Å². The van der Waals surface area contributed by atoms with Crippen molar-refractivity contribution in [3.8, 4) is 5.88 Å². The number of hydrogen-bond donors (Lipinski definition) is 2. The van der Waals surface area contributed by atoms with Crippen molar-refractivity contribution < 1.29 is 4.74 Å². The summed E-state index contributed by atoms with van der Waals surface area (Å²) in [6.45, 7) is 4.59. The monoisotopic (exact) mass is 292 g/mol. The van der Waals surface area contributed by atoms with Crippen LogP contribution in [0.2, 0.25) is 0 Å². The first-order valence-electron chi connectivity index (χ1n) is 8.30. The first-order chi connectivity index (χ1) is 10.4. The number of nitrogens with one attached hydrogen (secondary N) is 2. The number of ether oxygens (including phenoxy) is 1. The van der Waals surface area contributed by atoms with Gasteiger partial charge in [-0.3, -0.25) is 4.98 Å². The van der Waals surface area contributed by atoms with Crippen molar-refractivity contribution in [2.45, 2.75) is 57.9 Å². The van der Waals surface area contributed by atoms with Crippen molar-refractivity contribution in [2.75, 3.05) is 25.0 Å². The Morgan fingerprint density at radius 3 is 2.71 bits per heavy atom. The third kappa shape index (κ3) is 6.29. The number of hydrogen-bond acceptors (Lipinski definition) is 5. The molecule has 0 radical (unpaired) electrons. The molecule has 0 aliphatic heterocycles. The van der Waals surface area contributed by atoms with Crippen molar-refractivity contribution in [3.63, 3.8) is 0 Å². The molecular weight excluding hydrogens is 264 g/mol. The fourth-order valence-electron chi connectivity index (χ4n) is 2.66. The fraction of sp³-hybridized carbons (Fsp3) is 0.750. The van der Waals surface area contributed by atoms with Crippen molar-refractivity contribution in [1.29, 1.82) is 0 Å². The normalized spacial score (nSPS) is 16.4. The van der Waals surface area contributed by atoms with Gasteiger partial charge in [0.25, 0.3) is 0 Å². The van der Waals surface area contributed by atoms with Gasteiger partial charge >= 0.3 is 0 Å². The average molecular weight is 292 g/mol. The minimum atomic E-state index is 0.596. The fourth-order valence-corrected chi connectivity index (χ4v) is 2.66. The van der Waals surface area contributed by atoms with Crippen LogP contribution in [-0.4, -0.2) is 35.7 Å². The van der Waals surface area contributed by atoms with Crippen LogP contribution in [0, 0.1) is 0 Å². The van der Waals surface area contributed by atoms with Gasteiger partial charge < -0.3 is 15.4 Å². The van der Waals surface area contributed by atoms with E-state index in [0.717, 1.165) is 25.3 Å². The van der Waals surface area contributed by atoms with Crippen LogP contribution in [0.4, 0.5) is 5.82 Å². The van der Waals surface area contributed by atoms with Crippen molar-refractivity contribution >= 4 is 5.82 Å². The highest BCUT2D eigenvalue weighted by atomic mass is 16.5. The van der Waals surface area contributed by atoms with Crippen LogP contribution in [0.5, 0.6) is 5.88 Å². The Bertz CT molecular complexity index is 392. The lowest BCUT2D eigenvalue weighted by Gasteiger charge is -2.16. The second-order valence-corrected chi connectivity index (χ2v) is 5.66. The van der Waals surface area contributed by atoms with Gasteiger partial charge in [0, 0.05) is 19.1 Å². The van der Waals surface area contributed by atoms with Gasteiger partial charge in [0.2, 0.25) is 5.88 Å². The van der Waals surface area contributed by atoms with Gasteiger partial charge in [-0.15, -0.1) is 0 Å². The maximum atomic E-state index is 5.48. The third-order valence-electron chi connectivity index (χ3n) is 3.79. The van der Waals surface area contributed by atoms with Crippen LogP contribution >= 0.6 is 0 Å². The molecule has 21 heavy (non-hydrogen) atoms. The lowest BCUT2D eigenvalue weighted by molar-refractivity contribution is 0.304. The minimum Gasteiger partial charge on any atom is -0.477 e. The molecule has 1 saturated carbocycles. The highest BCUT2D eigenvalue weighted by molar-refractivity contribution is 5.33. The van der Waals surface area contributed by atoms with Gasteiger partial charge in [-0.25, -0.2) is 0 Å². The van der Waals surface area contributed by atoms with Crippen molar-refractivity contribution in [3.05, 3.63) is 12.4 Å². The highest BCUT2D eigenvalue weighted by Gasteiger charge is 2.10. The molecule has 5 heteroatoms. The average Bonchev–Trinajstić information content (AvgIpc) is 2.79. The van der Waals surface area contributed by atoms with Crippen molar-refractivity contribution in [2.24, 2.45) is 0 Å². The summed E-state index contributed by atoms with van der Waals surface area (Å²) in [5, 5.41) is 6.94. The Labute approximate surface area is 127 Å². The van der Waals surface area contributed by atoms with Crippen LogP contribution in [-0.2, 0) is 0 Å². The largest absolute Gasteiger partial charge is 0.477 e. The molecular formula is C16H28N4O. The van der Waals surface area contributed by atoms with Crippen LogP contribution in [0.15, 0.2) is 12.4 Å². The molecule has 0 atom stereocenters. The van der Waals surface area contributed by atoms with Gasteiger partial charge in [0.1, 0.15) is 5.82 Å². The van der Waals surface area contributed by atoms with E-state index in [2.05, 4.69) is 27.5 Å². The van der Waals surface area contributed by atoms with Gasteiger partial charge in [-0.2, -0.15) is 4.98 Å². The second-order valence-electron chi connectivity index (χ2n) is 5.66. The molecule has 1 fully saturated rings. The number of aromatic nitrogens is 2. The quantitative estimate of drug-likeness (QED) is 0.570. The second kappa shape index (κ2) is 9.55. The molecule has 1 aliphatic carbocycles. The van der Waals surface area contributed by atoms with Gasteiger partial charge in [0.05, 0.1) is 19.0 Å². The molecule has 2 rings (SSSR count). The molecule has 0 amide bonds. The molecule has 0 bridgehead atoms.